The van der Waals surface area contributed by atoms with Crippen molar-refractivity contribution < 1.29 is 13.9 Å². The first-order valence-electron chi connectivity index (χ1n) is 5.17. The average Bonchev–Trinajstić information content (AvgIpc) is 2.80. The third kappa shape index (κ3) is 2.65. The fraction of sp³-hybridized carbons (Fsp3) is 0.167. The van der Waals surface area contributed by atoms with Crippen LogP contribution < -0.4 is 5.32 Å². The van der Waals surface area contributed by atoms with Crippen molar-refractivity contribution in [1.29, 1.82) is 0 Å². The summed E-state index contributed by atoms with van der Waals surface area (Å²) in [6.07, 6.45) is 0. The summed E-state index contributed by atoms with van der Waals surface area (Å²) in [7, 11) is 1.30. The minimum absolute atomic E-state index is 0.254. The van der Waals surface area contributed by atoms with E-state index in [-0.39, 0.29) is 11.5 Å². The minimum Gasteiger partial charge on any atom is -0.464 e. The van der Waals surface area contributed by atoms with Crippen LogP contribution in [0.15, 0.2) is 23.6 Å². The zero-order chi connectivity index (χ0) is 13.1. The van der Waals surface area contributed by atoms with Crippen molar-refractivity contribution in [2.45, 2.75) is 6.92 Å². The molecule has 1 heterocycles. The monoisotopic (exact) mass is 266 g/mol. The molecule has 0 atom stereocenters. The van der Waals surface area contributed by atoms with Gasteiger partial charge in [-0.25, -0.2) is 14.2 Å². The minimum atomic E-state index is -0.477. The molecule has 0 saturated heterocycles. The molecule has 6 heteroatoms. The van der Waals surface area contributed by atoms with Gasteiger partial charge in [0.2, 0.25) is 0 Å². The molecule has 0 aliphatic carbocycles. The molecule has 94 valence electrons. The van der Waals surface area contributed by atoms with E-state index < -0.39 is 5.97 Å². The van der Waals surface area contributed by atoms with Gasteiger partial charge in [-0.1, -0.05) is 0 Å². The van der Waals surface area contributed by atoms with Crippen molar-refractivity contribution in [2.24, 2.45) is 0 Å². The SMILES string of the molecule is COC(=O)c1csc(Nc2ccc(F)cc2C)n1. The lowest BCUT2D eigenvalue weighted by atomic mass is 10.2. The molecule has 2 rings (SSSR count). The third-order valence-electron chi connectivity index (χ3n) is 2.33. The molecular weight excluding hydrogens is 255 g/mol. The van der Waals surface area contributed by atoms with Gasteiger partial charge >= 0.3 is 5.97 Å². The van der Waals surface area contributed by atoms with E-state index in [0.29, 0.717) is 5.13 Å². The molecule has 0 spiro atoms. The van der Waals surface area contributed by atoms with E-state index in [1.165, 1.54) is 30.6 Å². The smallest absolute Gasteiger partial charge is 0.357 e. The van der Waals surface area contributed by atoms with Gasteiger partial charge in [-0.15, -0.1) is 11.3 Å². The molecule has 0 aliphatic heterocycles. The van der Waals surface area contributed by atoms with Crippen LogP contribution in [0.5, 0.6) is 0 Å². The molecule has 0 saturated carbocycles. The number of thiazole rings is 1. The normalized spacial score (nSPS) is 10.2. The number of hydrogen-bond acceptors (Lipinski definition) is 5. The molecule has 18 heavy (non-hydrogen) atoms. The largest absolute Gasteiger partial charge is 0.464 e. The van der Waals surface area contributed by atoms with Gasteiger partial charge in [0.15, 0.2) is 10.8 Å². The predicted molar refractivity (Wildman–Crippen MR) is 67.9 cm³/mol. The first kappa shape index (κ1) is 12.5. The number of hydrogen-bond donors (Lipinski definition) is 1. The summed E-state index contributed by atoms with van der Waals surface area (Å²) in [5.74, 6) is -0.762. The molecule has 1 N–H and O–H groups in total. The van der Waals surface area contributed by atoms with Crippen LogP contribution in [0.2, 0.25) is 0 Å². The summed E-state index contributed by atoms with van der Waals surface area (Å²) < 4.78 is 17.5. The Morgan fingerprint density at radius 2 is 2.28 bits per heavy atom. The number of carbonyl (C=O) groups excluding carboxylic acids is 1. The molecule has 4 nitrogen and oxygen atoms in total. The maximum absolute atomic E-state index is 12.9. The van der Waals surface area contributed by atoms with Gasteiger partial charge < -0.3 is 10.1 Å². The van der Waals surface area contributed by atoms with Gasteiger partial charge in [-0.3, -0.25) is 0 Å². The summed E-state index contributed by atoms with van der Waals surface area (Å²) in [4.78, 5) is 15.3. The Hall–Kier alpha value is -1.95. The second-order valence-corrected chi connectivity index (χ2v) is 4.47. The number of carbonyl (C=O) groups is 1. The number of methoxy groups -OCH3 is 1. The molecule has 1 aromatic heterocycles. The van der Waals surface area contributed by atoms with E-state index >= 15 is 0 Å². The Labute approximate surface area is 107 Å². The topological polar surface area (TPSA) is 51.2 Å². The zero-order valence-corrected chi connectivity index (χ0v) is 10.7. The first-order valence-corrected chi connectivity index (χ1v) is 6.05. The van der Waals surface area contributed by atoms with Crippen LogP contribution in [0.4, 0.5) is 15.2 Å². The van der Waals surface area contributed by atoms with Crippen LogP contribution in [0.1, 0.15) is 16.1 Å². The van der Waals surface area contributed by atoms with Crippen molar-refractivity contribution in [3.8, 4) is 0 Å². The summed E-state index contributed by atoms with van der Waals surface area (Å²) >= 11 is 1.28. The van der Waals surface area contributed by atoms with Gasteiger partial charge in [0, 0.05) is 11.1 Å². The van der Waals surface area contributed by atoms with Crippen LogP contribution in [-0.4, -0.2) is 18.1 Å². The fourth-order valence-electron chi connectivity index (χ4n) is 1.41. The van der Waals surface area contributed by atoms with Crippen molar-refractivity contribution >= 4 is 28.1 Å². The van der Waals surface area contributed by atoms with Gasteiger partial charge in [-0.2, -0.15) is 0 Å². The van der Waals surface area contributed by atoms with E-state index in [1.54, 1.807) is 18.4 Å². The number of ether oxygens (including phenoxy) is 1. The Kier molecular flexibility index (Phi) is 3.57. The van der Waals surface area contributed by atoms with Crippen molar-refractivity contribution in [3.05, 3.63) is 40.7 Å². The van der Waals surface area contributed by atoms with E-state index in [0.717, 1.165) is 11.3 Å². The van der Waals surface area contributed by atoms with Crippen molar-refractivity contribution in [1.82, 2.24) is 4.98 Å². The molecule has 1 aromatic carbocycles. The second kappa shape index (κ2) is 5.14. The number of esters is 1. The highest BCUT2D eigenvalue weighted by atomic mass is 32.1. The van der Waals surface area contributed by atoms with Crippen LogP contribution in [0.25, 0.3) is 0 Å². The summed E-state index contributed by atoms with van der Waals surface area (Å²) in [5, 5.41) is 5.20. The Morgan fingerprint density at radius 3 is 2.94 bits per heavy atom. The maximum Gasteiger partial charge on any atom is 0.357 e. The highest BCUT2D eigenvalue weighted by Crippen LogP contribution is 2.24. The Morgan fingerprint density at radius 1 is 1.50 bits per heavy atom. The number of anilines is 2. The lowest BCUT2D eigenvalue weighted by molar-refractivity contribution is 0.0595. The van der Waals surface area contributed by atoms with Crippen LogP contribution in [-0.2, 0) is 4.74 Å². The van der Waals surface area contributed by atoms with Gasteiger partial charge in [-0.05, 0) is 30.7 Å². The highest BCUT2D eigenvalue weighted by molar-refractivity contribution is 7.14. The first-order chi connectivity index (χ1) is 8.60. The van der Waals surface area contributed by atoms with E-state index in [4.69, 9.17) is 0 Å². The molecule has 2 aromatic rings. The van der Waals surface area contributed by atoms with E-state index in [9.17, 15) is 9.18 Å². The van der Waals surface area contributed by atoms with Gasteiger partial charge in [0.1, 0.15) is 5.82 Å². The van der Waals surface area contributed by atoms with Crippen molar-refractivity contribution in [2.75, 3.05) is 12.4 Å². The molecule has 0 amide bonds. The van der Waals surface area contributed by atoms with Crippen LogP contribution in [0.3, 0.4) is 0 Å². The zero-order valence-electron chi connectivity index (χ0n) is 9.86. The number of rotatable bonds is 3. The number of nitrogens with one attached hydrogen (secondary N) is 1. The fourth-order valence-corrected chi connectivity index (χ4v) is 2.10. The molecule has 0 radical (unpaired) electrons. The summed E-state index contributed by atoms with van der Waals surface area (Å²) in [6, 6.07) is 4.42. The number of aromatic nitrogens is 1. The van der Waals surface area contributed by atoms with Crippen LogP contribution >= 0.6 is 11.3 Å². The molecule has 0 aliphatic rings. The molecule has 0 fully saturated rings. The number of benzene rings is 1. The van der Waals surface area contributed by atoms with Gasteiger partial charge in [0.05, 0.1) is 7.11 Å². The predicted octanol–water partition coefficient (Wildman–Crippen LogP) is 3.12. The number of halogens is 1. The number of aryl methyl sites for hydroxylation is 1. The third-order valence-corrected chi connectivity index (χ3v) is 3.09. The number of nitrogens with zero attached hydrogens (tertiary/aromatic N) is 1. The molecular formula is C12H11FN2O2S. The quantitative estimate of drug-likeness (QED) is 0.867. The summed E-state index contributed by atoms with van der Waals surface area (Å²) in [5.41, 5.74) is 1.77. The van der Waals surface area contributed by atoms with Crippen LogP contribution in [0, 0.1) is 12.7 Å². The molecule has 0 unspecified atom stereocenters. The maximum atomic E-state index is 12.9. The van der Waals surface area contributed by atoms with Gasteiger partial charge in [0.25, 0.3) is 0 Å². The second-order valence-electron chi connectivity index (χ2n) is 3.61. The standard InChI is InChI=1S/C12H11FN2O2S/c1-7-5-8(13)3-4-9(7)14-12-15-10(6-18-12)11(16)17-2/h3-6H,1-2H3,(H,14,15). The summed E-state index contributed by atoms with van der Waals surface area (Å²) in [6.45, 7) is 1.79. The highest BCUT2D eigenvalue weighted by Gasteiger charge is 2.11. The Bertz CT molecular complexity index is 583. The van der Waals surface area contributed by atoms with Crippen molar-refractivity contribution in [3.63, 3.8) is 0 Å². The van der Waals surface area contributed by atoms with E-state index in [1.807, 2.05) is 0 Å². The lowest BCUT2D eigenvalue weighted by Crippen LogP contribution is -2.01. The molecule has 0 bridgehead atoms. The van der Waals surface area contributed by atoms with E-state index in [2.05, 4.69) is 15.0 Å². The average molecular weight is 266 g/mol. The Balaban J connectivity index is 2.18. The lowest BCUT2D eigenvalue weighted by Gasteiger charge is -2.06.